The van der Waals surface area contributed by atoms with E-state index in [4.69, 9.17) is 4.74 Å². The molecule has 18 heavy (non-hydrogen) atoms. The molecule has 1 saturated heterocycles. The average molecular weight is 313 g/mol. The Kier molecular flexibility index (Phi) is 4.51. The van der Waals surface area contributed by atoms with Crippen LogP contribution in [-0.4, -0.2) is 32.8 Å². The van der Waals surface area contributed by atoms with E-state index in [-0.39, 0.29) is 0 Å². The number of anilines is 1. The first kappa shape index (κ1) is 13.7. The fourth-order valence-electron chi connectivity index (χ4n) is 2.63. The largest absolute Gasteiger partial charge is 0.497 e. The summed E-state index contributed by atoms with van der Waals surface area (Å²) >= 11 is 3.64. The second kappa shape index (κ2) is 5.93. The van der Waals surface area contributed by atoms with E-state index < -0.39 is 0 Å². The summed E-state index contributed by atoms with van der Waals surface area (Å²) in [5, 5.41) is 3.38. The zero-order valence-electron chi connectivity index (χ0n) is 11.2. The highest BCUT2D eigenvalue weighted by Crippen LogP contribution is 2.34. The van der Waals surface area contributed by atoms with Crippen LogP contribution in [0.4, 0.5) is 5.69 Å². The Morgan fingerprint density at radius 2 is 2.22 bits per heavy atom. The van der Waals surface area contributed by atoms with Gasteiger partial charge in [0.05, 0.1) is 12.8 Å². The topological polar surface area (TPSA) is 24.5 Å². The van der Waals surface area contributed by atoms with Crippen LogP contribution >= 0.6 is 15.9 Å². The molecular weight excluding hydrogens is 292 g/mol. The molecule has 0 bridgehead atoms. The van der Waals surface area contributed by atoms with Crippen LogP contribution in [0.3, 0.4) is 0 Å². The van der Waals surface area contributed by atoms with Gasteiger partial charge in [-0.1, -0.05) is 0 Å². The molecule has 4 heteroatoms. The van der Waals surface area contributed by atoms with Crippen molar-refractivity contribution >= 4 is 21.6 Å². The van der Waals surface area contributed by atoms with Crippen LogP contribution in [0.15, 0.2) is 22.7 Å². The maximum Gasteiger partial charge on any atom is 0.121 e. The van der Waals surface area contributed by atoms with Crippen molar-refractivity contribution in [1.82, 2.24) is 5.32 Å². The third kappa shape index (κ3) is 2.81. The van der Waals surface area contributed by atoms with Crippen LogP contribution in [0.1, 0.15) is 19.8 Å². The van der Waals surface area contributed by atoms with Crippen LogP contribution < -0.4 is 15.0 Å². The SMILES string of the molecule is CNC1CCN(c2cc(OC)ccc2Br)C(C)C1. The van der Waals surface area contributed by atoms with Gasteiger partial charge in [-0.25, -0.2) is 0 Å². The standard InChI is InChI=1S/C14H21BrN2O/c1-10-8-11(16-2)6-7-17(10)14-9-12(18-3)4-5-13(14)15/h4-5,9-11,16H,6-8H2,1-3H3. The third-order valence-corrected chi connectivity index (χ3v) is 4.42. The van der Waals surface area contributed by atoms with Gasteiger partial charge in [0.25, 0.3) is 0 Å². The van der Waals surface area contributed by atoms with Crippen molar-refractivity contribution in [3.63, 3.8) is 0 Å². The van der Waals surface area contributed by atoms with Gasteiger partial charge < -0.3 is 15.0 Å². The maximum atomic E-state index is 5.32. The summed E-state index contributed by atoms with van der Waals surface area (Å²) in [6.07, 6.45) is 2.37. The molecule has 0 amide bonds. The molecule has 0 aliphatic carbocycles. The lowest BCUT2D eigenvalue weighted by molar-refractivity contribution is 0.385. The fourth-order valence-corrected chi connectivity index (χ4v) is 3.11. The molecule has 1 heterocycles. The monoisotopic (exact) mass is 312 g/mol. The Hall–Kier alpha value is -0.740. The van der Waals surface area contributed by atoms with Crippen LogP contribution in [0.25, 0.3) is 0 Å². The van der Waals surface area contributed by atoms with E-state index in [0.717, 1.165) is 16.8 Å². The Bertz CT molecular complexity index is 411. The normalized spacial score (nSPS) is 24.1. The summed E-state index contributed by atoms with van der Waals surface area (Å²) in [5.41, 5.74) is 1.23. The first-order valence-electron chi connectivity index (χ1n) is 6.43. The number of rotatable bonds is 3. The summed E-state index contributed by atoms with van der Waals surface area (Å²) in [7, 11) is 3.76. The predicted octanol–water partition coefficient (Wildman–Crippen LogP) is 3.03. The van der Waals surface area contributed by atoms with Crippen LogP contribution in [-0.2, 0) is 0 Å². The Morgan fingerprint density at radius 3 is 2.83 bits per heavy atom. The van der Waals surface area contributed by atoms with E-state index in [9.17, 15) is 0 Å². The van der Waals surface area contributed by atoms with E-state index in [1.54, 1.807) is 7.11 Å². The first-order valence-corrected chi connectivity index (χ1v) is 7.22. The highest BCUT2D eigenvalue weighted by Gasteiger charge is 2.25. The second-order valence-corrected chi connectivity index (χ2v) is 5.72. The van der Waals surface area contributed by atoms with Crippen molar-refractivity contribution in [2.24, 2.45) is 0 Å². The number of hydrogen-bond donors (Lipinski definition) is 1. The van der Waals surface area contributed by atoms with Gasteiger partial charge in [-0.05, 0) is 54.9 Å². The molecule has 2 atom stereocenters. The molecule has 0 radical (unpaired) electrons. The van der Waals surface area contributed by atoms with E-state index in [1.165, 1.54) is 18.5 Å². The number of benzene rings is 1. The molecule has 1 N–H and O–H groups in total. The van der Waals surface area contributed by atoms with E-state index in [0.29, 0.717) is 12.1 Å². The molecule has 3 nitrogen and oxygen atoms in total. The van der Waals surface area contributed by atoms with Gasteiger partial charge in [0.15, 0.2) is 0 Å². The lowest BCUT2D eigenvalue weighted by Crippen LogP contribution is -2.46. The van der Waals surface area contributed by atoms with Crippen LogP contribution in [0, 0.1) is 0 Å². The Morgan fingerprint density at radius 1 is 1.44 bits per heavy atom. The number of methoxy groups -OCH3 is 1. The maximum absolute atomic E-state index is 5.32. The van der Waals surface area contributed by atoms with Gasteiger partial charge in [-0.3, -0.25) is 0 Å². The molecule has 1 aliphatic rings. The second-order valence-electron chi connectivity index (χ2n) is 4.87. The molecule has 0 aromatic heterocycles. The molecule has 2 rings (SSSR count). The molecule has 1 aliphatic heterocycles. The molecule has 1 aromatic rings. The van der Waals surface area contributed by atoms with E-state index in [2.05, 4.69) is 52.3 Å². The van der Waals surface area contributed by atoms with Crippen molar-refractivity contribution in [1.29, 1.82) is 0 Å². The molecule has 0 saturated carbocycles. The van der Waals surface area contributed by atoms with Crippen LogP contribution in [0.5, 0.6) is 5.75 Å². The van der Waals surface area contributed by atoms with E-state index in [1.807, 2.05) is 6.07 Å². The van der Waals surface area contributed by atoms with Crippen molar-refractivity contribution in [2.45, 2.75) is 31.8 Å². The van der Waals surface area contributed by atoms with Crippen molar-refractivity contribution < 1.29 is 4.74 Å². The average Bonchev–Trinajstić information content (AvgIpc) is 2.39. The number of nitrogens with one attached hydrogen (secondary N) is 1. The molecular formula is C14H21BrN2O. The summed E-state index contributed by atoms with van der Waals surface area (Å²) in [5.74, 6) is 0.913. The van der Waals surface area contributed by atoms with Crippen molar-refractivity contribution in [3.8, 4) is 5.75 Å². The summed E-state index contributed by atoms with van der Waals surface area (Å²) in [6, 6.07) is 7.34. The third-order valence-electron chi connectivity index (χ3n) is 3.75. The minimum Gasteiger partial charge on any atom is -0.497 e. The quantitative estimate of drug-likeness (QED) is 0.928. The van der Waals surface area contributed by atoms with Gasteiger partial charge >= 0.3 is 0 Å². The minimum absolute atomic E-state index is 0.541. The van der Waals surface area contributed by atoms with Crippen LogP contribution in [0.2, 0.25) is 0 Å². The Labute approximate surface area is 118 Å². The number of halogens is 1. The van der Waals surface area contributed by atoms with Crippen molar-refractivity contribution in [3.05, 3.63) is 22.7 Å². The molecule has 1 fully saturated rings. The zero-order valence-corrected chi connectivity index (χ0v) is 12.8. The smallest absolute Gasteiger partial charge is 0.121 e. The lowest BCUT2D eigenvalue weighted by atomic mass is 9.97. The van der Waals surface area contributed by atoms with Gasteiger partial charge in [-0.2, -0.15) is 0 Å². The molecule has 0 spiro atoms. The van der Waals surface area contributed by atoms with Crippen molar-refractivity contribution in [2.75, 3.05) is 25.6 Å². The van der Waals surface area contributed by atoms with E-state index >= 15 is 0 Å². The van der Waals surface area contributed by atoms with Gasteiger partial charge in [-0.15, -0.1) is 0 Å². The highest BCUT2D eigenvalue weighted by atomic mass is 79.9. The van der Waals surface area contributed by atoms with Gasteiger partial charge in [0.1, 0.15) is 5.75 Å². The van der Waals surface area contributed by atoms with Gasteiger partial charge in [0, 0.05) is 29.2 Å². The molecule has 2 unspecified atom stereocenters. The summed E-state index contributed by atoms with van der Waals surface area (Å²) in [6.45, 7) is 3.37. The molecule has 1 aromatic carbocycles. The number of nitrogens with zero attached hydrogens (tertiary/aromatic N) is 1. The fraction of sp³-hybridized carbons (Fsp3) is 0.571. The number of hydrogen-bond acceptors (Lipinski definition) is 3. The Balaban J connectivity index is 2.21. The van der Waals surface area contributed by atoms with Gasteiger partial charge in [0.2, 0.25) is 0 Å². The molecule has 100 valence electrons. The first-order chi connectivity index (χ1) is 8.65. The highest BCUT2D eigenvalue weighted by molar-refractivity contribution is 9.10. The number of ether oxygens (including phenoxy) is 1. The zero-order chi connectivity index (χ0) is 13.1. The number of piperidine rings is 1. The summed E-state index contributed by atoms with van der Waals surface area (Å²) < 4.78 is 6.46. The predicted molar refractivity (Wildman–Crippen MR) is 79.6 cm³/mol. The summed E-state index contributed by atoms with van der Waals surface area (Å²) in [4.78, 5) is 2.46. The lowest BCUT2D eigenvalue weighted by Gasteiger charge is -2.39. The minimum atomic E-state index is 0.541.